The van der Waals surface area contributed by atoms with Gasteiger partial charge in [0.25, 0.3) is 5.91 Å². The van der Waals surface area contributed by atoms with Crippen LogP contribution in [0.15, 0.2) is 18.2 Å². The van der Waals surface area contributed by atoms with E-state index in [1.165, 1.54) is 11.9 Å². The number of fused-ring (bicyclic) bond motifs is 3. The zero-order chi connectivity index (χ0) is 22.3. The Morgan fingerprint density at radius 1 is 1.13 bits per heavy atom. The van der Waals surface area contributed by atoms with Gasteiger partial charge in [-0.05, 0) is 68.7 Å². The molecule has 10 heteroatoms. The molecule has 172 valence electrons. The smallest absolute Gasteiger partial charge is 0.394 e. The Morgan fingerprint density at radius 2 is 1.74 bits per heavy atom. The number of carbonyl (C=O) groups excluding carboxylic acids is 1. The molecule has 0 atom stereocenters. The van der Waals surface area contributed by atoms with Crippen LogP contribution >= 0.6 is 23.5 Å². The molecule has 0 unspecified atom stereocenters. The standard InChI is InChI=1S/C21H26ClF3N2O2S2/c22-14-1-2-17(27-30-15-3-11-31(29)12-4-15)16(13-14)18(28)26-20-8-5-19(6-9-20,7-10-20)21(23,24)25/h1-2,13,15,27H,3-12H2,(H,26,28). The van der Waals surface area contributed by atoms with Gasteiger partial charge in [-0.1, -0.05) is 22.8 Å². The fourth-order valence-electron chi connectivity index (χ4n) is 4.94. The van der Waals surface area contributed by atoms with E-state index in [1.807, 2.05) is 0 Å². The highest BCUT2D eigenvalue weighted by Crippen LogP contribution is 2.59. The van der Waals surface area contributed by atoms with Gasteiger partial charge < -0.3 is 14.6 Å². The molecule has 4 nitrogen and oxygen atoms in total. The van der Waals surface area contributed by atoms with E-state index in [2.05, 4.69) is 10.0 Å². The summed E-state index contributed by atoms with van der Waals surface area (Å²) >= 11 is 6.93. The van der Waals surface area contributed by atoms with E-state index in [1.54, 1.807) is 18.2 Å². The van der Waals surface area contributed by atoms with E-state index in [0.717, 1.165) is 12.8 Å². The second-order valence-corrected chi connectivity index (χ2v) is 12.2. The van der Waals surface area contributed by atoms with E-state index in [0.29, 0.717) is 52.3 Å². The number of nitrogens with one attached hydrogen (secondary N) is 2. The number of anilines is 1. The third-order valence-corrected chi connectivity index (χ3v) is 9.88. The van der Waals surface area contributed by atoms with E-state index < -0.39 is 28.3 Å². The number of rotatable bonds is 5. The highest BCUT2D eigenvalue weighted by molar-refractivity contribution is 8.01. The summed E-state index contributed by atoms with van der Waals surface area (Å²) < 4.78 is 55.3. The fourth-order valence-corrected chi connectivity index (χ4v) is 7.65. The number of alkyl halides is 3. The van der Waals surface area contributed by atoms with Gasteiger partial charge in [-0.15, -0.1) is 0 Å². The molecular formula is C21H26ClF3N2O2S2. The Hall–Kier alpha value is -0.770. The molecule has 2 bridgehead atoms. The van der Waals surface area contributed by atoms with Crippen molar-refractivity contribution in [3.05, 3.63) is 28.8 Å². The van der Waals surface area contributed by atoms with Crippen molar-refractivity contribution in [2.75, 3.05) is 16.2 Å². The van der Waals surface area contributed by atoms with Crippen LogP contribution in [-0.4, -0.2) is 38.9 Å². The maximum Gasteiger partial charge on any atom is 0.394 e. The van der Waals surface area contributed by atoms with Crippen molar-refractivity contribution in [2.45, 2.75) is 68.3 Å². The minimum atomic E-state index is -4.18. The number of amides is 1. The Balaban J connectivity index is 1.42. The van der Waals surface area contributed by atoms with Crippen molar-refractivity contribution < 1.29 is 22.5 Å². The molecule has 1 saturated heterocycles. The monoisotopic (exact) mass is 494 g/mol. The van der Waals surface area contributed by atoms with Gasteiger partial charge in [0, 0.05) is 28.7 Å². The van der Waals surface area contributed by atoms with Crippen molar-refractivity contribution in [3.63, 3.8) is 0 Å². The fraction of sp³-hybridized carbons (Fsp3) is 0.667. The van der Waals surface area contributed by atoms with Gasteiger partial charge >= 0.3 is 6.18 Å². The third-order valence-electron chi connectivity index (χ3n) is 7.12. The average molecular weight is 495 g/mol. The molecule has 1 aromatic rings. The number of halogens is 4. The largest absolute Gasteiger partial charge is 0.616 e. The third kappa shape index (κ3) is 4.94. The van der Waals surface area contributed by atoms with Gasteiger partial charge in [0.2, 0.25) is 0 Å². The van der Waals surface area contributed by atoms with Gasteiger partial charge in [0.1, 0.15) is 11.5 Å². The molecule has 1 aromatic carbocycles. The first-order chi connectivity index (χ1) is 14.6. The van der Waals surface area contributed by atoms with Crippen LogP contribution in [0.5, 0.6) is 0 Å². The lowest BCUT2D eigenvalue weighted by Gasteiger charge is -2.53. The van der Waals surface area contributed by atoms with Gasteiger partial charge in [-0.2, -0.15) is 13.2 Å². The molecule has 1 aliphatic heterocycles. The first kappa shape index (κ1) is 23.4. The summed E-state index contributed by atoms with van der Waals surface area (Å²) in [4.78, 5) is 13.2. The first-order valence-electron chi connectivity index (χ1n) is 10.6. The molecule has 0 radical (unpaired) electrons. The lowest BCUT2D eigenvalue weighted by Crippen LogP contribution is -2.59. The summed E-state index contributed by atoms with van der Waals surface area (Å²) in [6.07, 6.45) is -1.26. The Morgan fingerprint density at radius 3 is 2.32 bits per heavy atom. The van der Waals surface area contributed by atoms with Crippen LogP contribution in [0.4, 0.5) is 18.9 Å². The predicted octanol–water partition coefficient (Wildman–Crippen LogP) is 5.70. The molecule has 4 aliphatic rings. The van der Waals surface area contributed by atoms with E-state index in [9.17, 15) is 22.5 Å². The molecule has 3 saturated carbocycles. The summed E-state index contributed by atoms with van der Waals surface area (Å²) in [5.74, 6) is 1.07. The molecule has 4 fully saturated rings. The molecule has 3 aliphatic carbocycles. The van der Waals surface area contributed by atoms with Crippen molar-refractivity contribution >= 4 is 46.3 Å². The SMILES string of the molecule is O=C(NC12CCC(C(F)(F)F)(CC1)CC2)c1cc(Cl)ccc1NSC1CC[S+]([O-])CC1. The number of hydrogen-bond donors (Lipinski definition) is 2. The molecular weight excluding hydrogens is 469 g/mol. The van der Waals surface area contributed by atoms with Gasteiger partial charge in [0.05, 0.1) is 16.7 Å². The second-order valence-electron chi connectivity index (χ2n) is 8.97. The van der Waals surface area contributed by atoms with Crippen molar-refractivity contribution in [1.82, 2.24) is 5.32 Å². The Kier molecular flexibility index (Phi) is 6.70. The predicted molar refractivity (Wildman–Crippen MR) is 120 cm³/mol. The minimum Gasteiger partial charge on any atom is -0.616 e. The Bertz CT molecular complexity index is 807. The molecule has 0 aromatic heterocycles. The lowest BCUT2D eigenvalue weighted by atomic mass is 9.57. The van der Waals surface area contributed by atoms with Crippen LogP contribution in [0.25, 0.3) is 0 Å². The van der Waals surface area contributed by atoms with Crippen LogP contribution in [0.2, 0.25) is 5.02 Å². The summed E-state index contributed by atoms with van der Waals surface area (Å²) in [5, 5.41) is 3.80. The average Bonchev–Trinajstić information content (AvgIpc) is 2.74. The van der Waals surface area contributed by atoms with Crippen LogP contribution in [-0.2, 0) is 11.2 Å². The van der Waals surface area contributed by atoms with Crippen molar-refractivity contribution in [3.8, 4) is 0 Å². The van der Waals surface area contributed by atoms with E-state index in [-0.39, 0.29) is 25.2 Å². The van der Waals surface area contributed by atoms with Gasteiger partial charge in [-0.3, -0.25) is 4.79 Å². The first-order valence-corrected chi connectivity index (χ1v) is 13.3. The van der Waals surface area contributed by atoms with E-state index in [4.69, 9.17) is 11.6 Å². The zero-order valence-corrected chi connectivity index (χ0v) is 19.4. The Labute approximate surface area is 192 Å². The number of benzene rings is 1. The topological polar surface area (TPSA) is 64.2 Å². The summed E-state index contributed by atoms with van der Waals surface area (Å²) in [7, 11) is 0. The summed E-state index contributed by atoms with van der Waals surface area (Å²) in [6.45, 7) is 0. The number of carbonyl (C=O) groups is 1. The van der Waals surface area contributed by atoms with Crippen LogP contribution in [0, 0.1) is 5.41 Å². The van der Waals surface area contributed by atoms with Crippen LogP contribution < -0.4 is 10.0 Å². The lowest BCUT2D eigenvalue weighted by molar-refractivity contribution is -0.253. The zero-order valence-electron chi connectivity index (χ0n) is 17.0. The normalized spacial score (nSPS) is 33.2. The highest BCUT2D eigenvalue weighted by Gasteiger charge is 2.61. The molecule has 1 heterocycles. The molecule has 2 N–H and O–H groups in total. The minimum absolute atomic E-state index is 0.0658. The van der Waals surface area contributed by atoms with Crippen molar-refractivity contribution in [2.24, 2.45) is 5.41 Å². The summed E-state index contributed by atoms with van der Waals surface area (Å²) in [6, 6.07) is 5.05. The second kappa shape index (κ2) is 8.88. The molecule has 1 amide bonds. The summed E-state index contributed by atoms with van der Waals surface area (Å²) in [5.41, 5.74) is -1.13. The van der Waals surface area contributed by atoms with Crippen molar-refractivity contribution in [1.29, 1.82) is 0 Å². The van der Waals surface area contributed by atoms with Crippen LogP contribution in [0.1, 0.15) is 61.7 Å². The van der Waals surface area contributed by atoms with E-state index >= 15 is 0 Å². The maximum atomic E-state index is 13.5. The number of hydrogen-bond acceptors (Lipinski definition) is 4. The molecule has 5 rings (SSSR count). The quantitative estimate of drug-likeness (QED) is 0.407. The highest BCUT2D eigenvalue weighted by atomic mass is 35.5. The maximum absolute atomic E-state index is 13.5. The molecule has 0 spiro atoms. The molecule has 31 heavy (non-hydrogen) atoms. The van der Waals surface area contributed by atoms with Crippen LogP contribution in [0.3, 0.4) is 0 Å². The van der Waals surface area contributed by atoms with Gasteiger partial charge in [0.15, 0.2) is 0 Å². The van der Waals surface area contributed by atoms with Gasteiger partial charge in [-0.25, -0.2) is 0 Å².